The average molecular weight is 497 g/mol. The van der Waals surface area contributed by atoms with Gasteiger partial charge in [0.05, 0.1) is 14.2 Å². The molecule has 0 saturated carbocycles. The zero-order chi connectivity index (χ0) is 25.9. The van der Waals surface area contributed by atoms with Crippen molar-refractivity contribution in [2.24, 2.45) is 0 Å². The SMILES string of the molecule is COC(=O)C(Cc1ccccc1)NC(=O)N1CCN(C(=O)NC(Cc2ccccc2)C(=O)OC)CC1. The minimum absolute atomic E-state index is 0.278. The van der Waals surface area contributed by atoms with Crippen molar-refractivity contribution in [3.05, 3.63) is 71.8 Å². The maximum atomic E-state index is 12.8. The highest BCUT2D eigenvalue weighted by Gasteiger charge is 2.30. The van der Waals surface area contributed by atoms with Gasteiger partial charge in [-0.25, -0.2) is 19.2 Å². The molecular weight excluding hydrogens is 464 g/mol. The number of nitrogens with one attached hydrogen (secondary N) is 2. The monoisotopic (exact) mass is 496 g/mol. The molecule has 36 heavy (non-hydrogen) atoms. The Balaban J connectivity index is 1.53. The Hall–Kier alpha value is -4.08. The third-order valence-electron chi connectivity index (χ3n) is 5.99. The lowest BCUT2D eigenvalue weighted by Gasteiger charge is -2.35. The fourth-order valence-electron chi connectivity index (χ4n) is 3.96. The maximum absolute atomic E-state index is 12.8. The number of hydrogen-bond donors (Lipinski definition) is 2. The Morgan fingerprint density at radius 3 is 1.31 bits per heavy atom. The van der Waals surface area contributed by atoms with E-state index in [0.717, 1.165) is 11.1 Å². The molecule has 1 heterocycles. The van der Waals surface area contributed by atoms with Crippen LogP contribution in [0.3, 0.4) is 0 Å². The van der Waals surface area contributed by atoms with Crippen LogP contribution in [0.25, 0.3) is 0 Å². The summed E-state index contributed by atoms with van der Waals surface area (Å²) in [4.78, 5) is 53.2. The molecule has 2 unspecified atom stereocenters. The largest absolute Gasteiger partial charge is 0.467 e. The summed E-state index contributed by atoms with van der Waals surface area (Å²) in [6.45, 7) is 1.11. The standard InChI is InChI=1S/C26H32N4O6/c1-35-23(31)21(17-19-9-5-3-6-10-19)27-25(33)29-13-15-30(16-14-29)26(34)28-22(24(32)36-2)18-20-11-7-4-8-12-20/h3-12,21-22H,13-18H2,1-2H3,(H,27,33)(H,28,34). The van der Waals surface area contributed by atoms with Crippen molar-refractivity contribution in [2.45, 2.75) is 24.9 Å². The van der Waals surface area contributed by atoms with Crippen LogP contribution in [0.4, 0.5) is 9.59 Å². The predicted molar refractivity (Wildman–Crippen MR) is 132 cm³/mol. The summed E-state index contributed by atoms with van der Waals surface area (Å²) in [7, 11) is 2.56. The number of amides is 4. The van der Waals surface area contributed by atoms with Crippen molar-refractivity contribution in [3.8, 4) is 0 Å². The molecule has 0 radical (unpaired) electrons. The van der Waals surface area contributed by atoms with Crippen LogP contribution in [-0.2, 0) is 31.9 Å². The Morgan fingerprint density at radius 1 is 0.667 bits per heavy atom. The number of benzene rings is 2. The number of rotatable bonds is 8. The summed E-state index contributed by atoms with van der Waals surface area (Å²) in [5.74, 6) is -1.06. The van der Waals surface area contributed by atoms with E-state index in [0.29, 0.717) is 12.8 Å². The molecule has 2 aromatic rings. The zero-order valence-corrected chi connectivity index (χ0v) is 20.5. The van der Waals surface area contributed by atoms with E-state index in [1.807, 2.05) is 60.7 Å². The number of methoxy groups -OCH3 is 2. The topological polar surface area (TPSA) is 117 Å². The lowest BCUT2D eigenvalue weighted by Crippen LogP contribution is -2.58. The molecule has 4 amide bonds. The van der Waals surface area contributed by atoms with Gasteiger partial charge in [-0.3, -0.25) is 0 Å². The number of urea groups is 2. The first-order valence-corrected chi connectivity index (χ1v) is 11.8. The van der Waals surface area contributed by atoms with E-state index in [-0.39, 0.29) is 26.2 Å². The molecule has 1 aliphatic heterocycles. The number of piperazine rings is 1. The van der Waals surface area contributed by atoms with Gasteiger partial charge in [-0.2, -0.15) is 0 Å². The van der Waals surface area contributed by atoms with Crippen LogP contribution >= 0.6 is 0 Å². The Labute approximate surface area is 210 Å². The zero-order valence-electron chi connectivity index (χ0n) is 20.5. The van der Waals surface area contributed by atoms with Gasteiger partial charge in [0.15, 0.2) is 0 Å². The van der Waals surface area contributed by atoms with Gasteiger partial charge in [0.1, 0.15) is 12.1 Å². The molecule has 0 aromatic heterocycles. The van der Waals surface area contributed by atoms with Gasteiger partial charge in [0.2, 0.25) is 0 Å². The Morgan fingerprint density at radius 2 is 1.00 bits per heavy atom. The summed E-state index contributed by atoms with van der Waals surface area (Å²) in [6.07, 6.45) is 0.607. The second-order valence-corrected chi connectivity index (χ2v) is 8.40. The molecule has 1 aliphatic rings. The molecule has 0 aliphatic carbocycles. The smallest absolute Gasteiger partial charge is 0.328 e. The average Bonchev–Trinajstić information content (AvgIpc) is 2.92. The number of esters is 2. The van der Waals surface area contributed by atoms with E-state index in [4.69, 9.17) is 9.47 Å². The number of carbonyl (C=O) groups is 4. The van der Waals surface area contributed by atoms with Gasteiger partial charge in [-0.1, -0.05) is 60.7 Å². The van der Waals surface area contributed by atoms with Gasteiger partial charge in [-0.05, 0) is 11.1 Å². The first-order chi connectivity index (χ1) is 17.4. The van der Waals surface area contributed by atoms with Gasteiger partial charge in [0, 0.05) is 39.0 Å². The van der Waals surface area contributed by atoms with Crippen LogP contribution in [0.5, 0.6) is 0 Å². The van der Waals surface area contributed by atoms with Crippen LogP contribution in [0.1, 0.15) is 11.1 Å². The molecule has 2 N–H and O–H groups in total. The fourth-order valence-corrected chi connectivity index (χ4v) is 3.96. The van der Waals surface area contributed by atoms with Crippen molar-refractivity contribution in [3.63, 3.8) is 0 Å². The highest BCUT2D eigenvalue weighted by molar-refractivity contribution is 5.85. The van der Waals surface area contributed by atoms with Crippen LogP contribution < -0.4 is 10.6 Å². The van der Waals surface area contributed by atoms with E-state index in [2.05, 4.69) is 10.6 Å². The number of hydrogen-bond acceptors (Lipinski definition) is 6. The molecule has 1 saturated heterocycles. The minimum atomic E-state index is -0.829. The van der Waals surface area contributed by atoms with Gasteiger partial charge in [0.25, 0.3) is 0 Å². The first kappa shape index (κ1) is 26.5. The molecule has 10 heteroatoms. The number of carbonyl (C=O) groups excluding carboxylic acids is 4. The lowest BCUT2D eigenvalue weighted by atomic mass is 10.1. The van der Waals surface area contributed by atoms with E-state index < -0.39 is 36.1 Å². The third-order valence-corrected chi connectivity index (χ3v) is 5.99. The van der Waals surface area contributed by atoms with Gasteiger partial charge in [-0.15, -0.1) is 0 Å². The number of ether oxygens (including phenoxy) is 2. The predicted octanol–water partition coefficient (Wildman–Crippen LogP) is 1.59. The highest BCUT2D eigenvalue weighted by Crippen LogP contribution is 2.09. The Bertz CT molecular complexity index is 942. The molecular formula is C26H32N4O6. The second-order valence-electron chi connectivity index (χ2n) is 8.40. The van der Waals surface area contributed by atoms with E-state index in [1.165, 1.54) is 14.2 Å². The van der Waals surface area contributed by atoms with Gasteiger partial charge < -0.3 is 29.9 Å². The molecule has 2 atom stereocenters. The summed E-state index contributed by atoms with van der Waals surface area (Å²) in [6, 6.07) is 16.2. The molecule has 1 fully saturated rings. The van der Waals surface area contributed by atoms with Crippen LogP contribution in [-0.4, -0.2) is 86.3 Å². The van der Waals surface area contributed by atoms with Crippen LogP contribution in [0, 0.1) is 0 Å². The third kappa shape index (κ3) is 7.46. The van der Waals surface area contributed by atoms with Crippen molar-refractivity contribution in [1.82, 2.24) is 20.4 Å². The summed E-state index contributed by atoms with van der Waals surface area (Å²) < 4.78 is 9.72. The molecule has 2 aromatic carbocycles. The lowest BCUT2D eigenvalue weighted by molar-refractivity contribution is -0.143. The summed E-state index contributed by atoms with van der Waals surface area (Å²) >= 11 is 0. The fraction of sp³-hybridized carbons (Fsp3) is 0.385. The molecule has 0 bridgehead atoms. The van der Waals surface area contributed by atoms with Crippen molar-refractivity contribution in [1.29, 1.82) is 0 Å². The minimum Gasteiger partial charge on any atom is -0.467 e. The molecule has 0 spiro atoms. The first-order valence-electron chi connectivity index (χ1n) is 11.8. The molecule has 3 rings (SSSR count). The van der Waals surface area contributed by atoms with Crippen molar-refractivity contribution in [2.75, 3.05) is 40.4 Å². The maximum Gasteiger partial charge on any atom is 0.328 e. The number of nitrogens with zero attached hydrogens (tertiary/aromatic N) is 2. The highest BCUT2D eigenvalue weighted by atomic mass is 16.5. The normalized spacial score (nSPS) is 14.8. The van der Waals surface area contributed by atoms with Crippen molar-refractivity contribution < 1.29 is 28.7 Å². The second kappa shape index (κ2) is 13.1. The Kier molecular flexibility index (Phi) is 9.67. The quantitative estimate of drug-likeness (QED) is 0.536. The van der Waals surface area contributed by atoms with Crippen LogP contribution in [0.2, 0.25) is 0 Å². The molecule has 10 nitrogen and oxygen atoms in total. The van der Waals surface area contributed by atoms with E-state index in [9.17, 15) is 19.2 Å². The molecule has 192 valence electrons. The van der Waals surface area contributed by atoms with Crippen molar-refractivity contribution >= 4 is 24.0 Å². The summed E-state index contributed by atoms with van der Waals surface area (Å²) in [5.41, 5.74) is 1.79. The van der Waals surface area contributed by atoms with Crippen LogP contribution in [0.15, 0.2) is 60.7 Å². The van der Waals surface area contributed by atoms with Gasteiger partial charge >= 0.3 is 24.0 Å². The van der Waals surface area contributed by atoms with E-state index in [1.54, 1.807) is 9.80 Å². The summed E-state index contributed by atoms with van der Waals surface area (Å²) in [5, 5.41) is 5.49. The van der Waals surface area contributed by atoms with E-state index >= 15 is 0 Å².